The van der Waals surface area contributed by atoms with Crippen molar-refractivity contribution in [3.63, 3.8) is 0 Å². The summed E-state index contributed by atoms with van der Waals surface area (Å²) < 4.78 is 5.39. The van der Waals surface area contributed by atoms with Gasteiger partial charge >= 0.3 is 6.03 Å². The lowest BCUT2D eigenvalue weighted by Gasteiger charge is -2.40. The number of hydrogen-bond donors (Lipinski definition) is 3. The number of benzene rings is 1. The summed E-state index contributed by atoms with van der Waals surface area (Å²) in [6, 6.07) is 5.22. The first kappa shape index (κ1) is 20.2. The molecule has 0 bridgehead atoms. The Morgan fingerprint density at radius 2 is 1.88 bits per heavy atom. The van der Waals surface area contributed by atoms with E-state index in [4.69, 9.17) is 4.74 Å². The summed E-state index contributed by atoms with van der Waals surface area (Å²) >= 11 is 0. The zero-order valence-electron chi connectivity index (χ0n) is 16.1. The first-order valence-corrected chi connectivity index (χ1v) is 9.10. The van der Waals surface area contributed by atoms with Crippen molar-refractivity contribution < 1.29 is 14.3 Å². The average molecular weight is 362 g/mol. The van der Waals surface area contributed by atoms with Crippen molar-refractivity contribution in [2.75, 3.05) is 43.5 Å². The number of carbonyl (C=O) groups excluding carboxylic acids is 2. The van der Waals surface area contributed by atoms with E-state index < -0.39 is 0 Å². The Bertz CT molecular complexity index is 640. The summed E-state index contributed by atoms with van der Waals surface area (Å²) in [5.74, 6) is -0.0588. The number of amides is 3. The van der Waals surface area contributed by atoms with Gasteiger partial charge in [0.05, 0.1) is 13.2 Å². The van der Waals surface area contributed by atoms with Crippen molar-refractivity contribution in [2.24, 2.45) is 0 Å². The Kier molecular flexibility index (Phi) is 6.99. The van der Waals surface area contributed by atoms with Gasteiger partial charge in [-0.05, 0) is 38.5 Å². The molecule has 0 unspecified atom stereocenters. The maximum Gasteiger partial charge on any atom is 0.319 e. The fourth-order valence-electron chi connectivity index (χ4n) is 2.83. The number of anilines is 2. The van der Waals surface area contributed by atoms with Gasteiger partial charge in [0, 0.05) is 43.0 Å². The Morgan fingerprint density at radius 3 is 2.54 bits per heavy atom. The molecule has 2 rings (SSSR count). The Labute approximate surface area is 155 Å². The zero-order valence-corrected chi connectivity index (χ0v) is 16.1. The summed E-state index contributed by atoms with van der Waals surface area (Å²) in [7, 11) is 0. The van der Waals surface area contributed by atoms with E-state index in [2.05, 4.69) is 34.7 Å². The molecule has 0 spiro atoms. The fraction of sp³-hybridized carbons (Fsp3) is 0.579. The van der Waals surface area contributed by atoms with Gasteiger partial charge in [0.1, 0.15) is 0 Å². The summed E-state index contributed by atoms with van der Waals surface area (Å²) in [5.41, 5.74) is 2.14. The highest BCUT2D eigenvalue weighted by molar-refractivity contribution is 5.94. The van der Waals surface area contributed by atoms with Gasteiger partial charge < -0.3 is 20.7 Å². The Balaban J connectivity index is 1.92. The van der Waals surface area contributed by atoms with Crippen LogP contribution < -0.4 is 16.0 Å². The maximum atomic E-state index is 12.3. The van der Waals surface area contributed by atoms with Gasteiger partial charge in [0.25, 0.3) is 0 Å². The predicted octanol–water partition coefficient (Wildman–Crippen LogP) is 2.58. The van der Waals surface area contributed by atoms with Crippen molar-refractivity contribution in [3.8, 4) is 0 Å². The van der Waals surface area contributed by atoms with E-state index in [1.165, 1.54) is 0 Å². The summed E-state index contributed by atoms with van der Waals surface area (Å²) in [6.07, 6.45) is 0.410. The van der Waals surface area contributed by atoms with Crippen molar-refractivity contribution in [3.05, 3.63) is 23.8 Å². The molecule has 1 aliphatic rings. The molecule has 1 saturated heterocycles. The third-order valence-electron chi connectivity index (χ3n) is 4.64. The number of aryl methyl sites for hydroxylation is 1. The monoisotopic (exact) mass is 362 g/mol. The largest absolute Gasteiger partial charge is 0.379 e. The van der Waals surface area contributed by atoms with Crippen molar-refractivity contribution in [2.45, 2.75) is 39.7 Å². The lowest BCUT2D eigenvalue weighted by molar-refractivity contribution is -0.115. The van der Waals surface area contributed by atoms with Crippen LogP contribution in [0.1, 0.15) is 32.8 Å². The number of rotatable bonds is 6. The van der Waals surface area contributed by atoms with E-state index in [0.29, 0.717) is 24.3 Å². The minimum absolute atomic E-state index is 0.0588. The van der Waals surface area contributed by atoms with Crippen LogP contribution in [0.5, 0.6) is 0 Å². The molecular formula is C19H30N4O3. The molecule has 1 aliphatic heterocycles. The van der Waals surface area contributed by atoms with Gasteiger partial charge in [0.2, 0.25) is 5.91 Å². The molecule has 3 amide bonds. The molecule has 1 aromatic rings. The minimum atomic E-state index is -0.256. The molecule has 0 saturated carbocycles. The Hall–Kier alpha value is -2.12. The number of nitrogens with zero attached hydrogens (tertiary/aromatic N) is 1. The van der Waals surface area contributed by atoms with Gasteiger partial charge in [-0.15, -0.1) is 0 Å². The topological polar surface area (TPSA) is 82.7 Å². The van der Waals surface area contributed by atoms with Crippen molar-refractivity contribution >= 4 is 23.3 Å². The van der Waals surface area contributed by atoms with Crippen molar-refractivity contribution in [1.82, 2.24) is 10.2 Å². The van der Waals surface area contributed by atoms with Crippen LogP contribution in [0.4, 0.5) is 16.2 Å². The van der Waals surface area contributed by atoms with Gasteiger partial charge in [-0.3, -0.25) is 9.69 Å². The number of ether oxygens (including phenoxy) is 1. The van der Waals surface area contributed by atoms with Crippen LogP contribution in [0.15, 0.2) is 18.2 Å². The smallest absolute Gasteiger partial charge is 0.319 e. The third-order valence-corrected chi connectivity index (χ3v) is 4.64. The number of urea groups is 1. The van der Waals surface area contributed by atoms with Crippen LogP contribution in [0.2, 0.25) is 0 Å². The van der Waals surface area contributed by atoms with Crippen LogP contribution in [-0.2, 0) is 9.53 Å². The van der Waals surface area contributed by atoms with Crippen LogP contribution in [-0.4, -0.2) is 55.2 Å². The van der Waals surface area contributed by atoms with Crippen LogP contribution in [0.25, 0.3) is 0 Å². The van der Waals surface area contributed by atoms with E-state index in [0.717, 1.165) is 31.9 Å². The van der Waals surface area contributed by atoms with Crippen LogP contribution in [0.3, 0.4) is 0 Å². The fourth-order valence-corrected chi connectivity index (χ4v) is 2.83. The molecule has 0 atom stereocenters. The molecule has 26 heavy (non-hydrogen) atoms. The minimum Gasteiger partial charge on any atom is -0.379 e. The first-order chi connectivity index (χ1) is 12.3. The molecule has 3 N–H and O–H groups in total. The summed E-state index contributed by atoms with van der Waals surface area (Å²) in [4.78, 5) is 26.2. The molecule has 7 heteroatoms. The van der Waals surface area contributed by atoms with E-state index in [1.807, 2.05) is 19.1 Å². The number of morpholine rings is 1. The summed E-state index contributed by atoms with van der Waals surface area (Å²) in [6.45, 7) is 11.7. The molecule has 0 radical (unpaired) electrons. The molecular weight excluding hydrogens is 332 g/mol. The van der Waals surface area contributed by atoms with Gasteiger partial charge in [0.15, 0.2) is 0 Å². The van der Waals surface area contributed by atoms with Crippen molar-refractivity contribution in [1.29, 1.82) is 0 Å². The first-order valence-electron chi connectivity index (χ1n) is 9.10. The number of nitrogens with one attached hydrogen (secondary N) is 3. The molecule has 1 fully saturated rings. The standard InChI is InChI=1S/C19H30N4O3/c1-5-17(24)21-15-7-6-14(2)16(12-15)22-18(25)20-13-19(3,4)23-8-10-26-11-9-23/h6-7,12H,5,8-11,13H2,1-4H3,(H,21,24)(H2,20,22,25). The second-order valence-corrected chi connectivity index (χ2v) is 7.15. The van der Waals surface area contributed by atoms with Gasteiger partial charge in [-0.2, -0.15) is 0 Å². The lowest BCUT2D eigenvalue weighted by Crippen LogP contribution is -2.55. The quantitative estimate of drug-likeness (QED) is 0.726. The SMILES string of the molecule is CCC(=O)Nc1ccc(C)c(NC(=O)NCC(C)(C)N2CCOCC2)c1. The Morgan fingerprint density at radius 1 is 1.19 bits per heavy atom. The summed E-state index contributed by atoms with van der Waals surface area (Å²) in [5, 5.41) is 8.62. The number of hydrogen-bond acceptors (Lipinski definition) is 4. The van der Waals surface area contributed by atoms with E-state index in [1.54, 1.807) is 13.0 Å². The van der Waals surface area contributed by atoms with Gasteiger partial charge in [-0.1, -0.05) is 13.0 Å². The highest BCUT2D eigenvalue weighted by Crippen LogP contribution is 2.21. The zero-order chi connectivity index (χ0) is 19.2. The normalized spacial score (nSPS) is 15.4. The number of carbonyl (C=O) groups is 2. The second kappa shape index (κ2) is 9.00. The van der Waals surface area contributed by atoms with Crippen LogP contribution in [0, 0.1) is 6.92 Å². The molecule has 0 aromatic heterocycles. The molecule has 0 aliphatic carbocycles. The van der Waals surface area contributed by atoms with Gasteiger partial charge in [-0.25, -0.2) is 4.79 Å². The molecule has 144 valence electrons. The second-order valence-electron chi connectivity index (χ2n) is 7.15. The molecule has 1 aromatic carbocycles. The highest BCUT2D eigenvalue weighted by Gasteiger charge is 2.28. The average Bonchev–Trinajstić information content (AvgIpc) is 2.63. The highest BCUT2D eigenvalue weighted by atomic mass is 16.5. The predicted molar refractivity (Wildman–Crippen MR) is 104 cm³/mol. The van der Waals surface area contributed by atoms with E-state index in [-0.39, 0.29) is 17.5 Å². The van der Waals surface area contributed by atoms with E-state index in [9.17, 15) is 9.59 Å². The van der Waals surface area contributed by atoms with Crippen LogP contribution >= 0.6 is 0 Å². The molecule has 1 heterocycles. The molecule has 7 nitrogen and oxygen atoms in total. The lowest BCUT2D eigenvalue weighted by atomic mass is 10.0. The maximum absolute atomic E-state index is 12.3. The van der Waals surface area contributed by atoms with E-state index >= 15 is 0 Å². The third kappa shape index (κ3) is 5.71.